The summed E-state index contributed by atoms with van der Waals surface area (Å²) in [6, 6.07) is 13.5. The van der Waals surface area contributed by atoms with Crippen LogP contribution in [0.2, 0.25) is 0 Å². The Kier molecular flexibility index (Phi) is 5.65. The molecule has 160 valence electrons. The van der Waals surface area contributed by atoms with Crippen molar-refractivity contribution in [2.45, 2.75) is 37.0 Å². The molecule has 5 rings (SSSR count). The number of rotatable bonds is 6. The number of nitrogens with one attached hydrogen (secondary N) is 2. The minimum absolute atomic E-state index is 0.0650. The van der Waals surface area contributed by atoms with Crippen LogP contribution in [0.1, 0.15) is 34.5 Å². The third kappa shape index (κ3) is 4.18. The lowest BCUT2D eigenvalue weighted by Crippen LogP contribution is -2.34. The van der Waals surface area contributed by atoms with Crippen LogP contribution in [0.4, 0.5) is 5.82 Å². The summed E-state index contributed by atoms with van der Waals surface area (Å²) in [6.45, 7) is 1.33. The Morgan fingerprint density at radius 2 is 2.03 bits per heavy atom. The molecule has 2 N–H and O–H groups in total. The molecule has 1 fully saturated rings. The summed E-state index contributed by atoms with van der Waals surface area (Å²) < 4.78 is 7.19. The van der Waals surface area contributed by atoms with Crippen LogP contribution in [-0.2, 0) is 27.6 Å². The van der Waals surface area contributed by atoms with E-state index >= 15 is 0 Å². The van der Waals surface area contributed by atoms with Gasteiger partial charge in [-0.1, -0.05) is 36.4 Å². The first-order valence-electron chi connectivity index (χ1n) is 10.5. The number of carbonyl (C=O) groups is 2. The van der Waals surface area contributed by atoms with Gasteiger partial charge in [0, 0.05) is 35.8 Å². The number of benzene rings is 2. The van der Waals surface area contributed by atoms with Gasteiger partial charge in [0.2, 0.25) is 5.91 Å². The van der Waals surface area contributed by atoms with Crippen LogP contribution in [0.5, 0.6) is 0 Å². The third-order valence-corrected chi connectivity index (χ3v) is 6.70. The molecule has 2 aromatic carbocycles. The second-order valence-electron chi connectivity index (χ2n) is 7.84. The van der Waals surface area contributed by atoms with Crippen molar-refractivity contribution in [1.82, 2.24) is 15.1 Å². The first-order chi connectivity index (χ1) is 15.2. The van der Waals surface area contributed by atoms with Crippen molar-refractivity contribution < 1.29 is 14.3 Å². The Hall–Kier alpha value is -2.84. The average Bonchev–Trinajstić information content (AvgIpc) is 3.52. The normalized spacial score (nSPS) is 17.6. The molecule has 3 heterocycles. The first kappa shape index (κ1) is 20.1. The molecule has 0 spiro atoms. The molecule has 8 heteroatoms. The van der Waals surface area contributed by atoms with Crippen molar-refractivity contribution in [2.24, 2.45) is 0 Å². The quantitative estimate of drug-likeness (QED) is 0.619. The SMILES string of the molecule is O=C(Cn1nc2c(c1NC(=O)c1cccc3ccccc13)CSC2)NC[C@H]1CCCO1. The molecular weight excluding hydrogens is 412 g/mol. The fourth-order valence-electron chi connectivity index (χ4n) is 4.14. The number of hydrogen-bond acceptors (Lipinski definition) is 5. The molecule has 1 atom stereocenters. The highest BCUT2D eigenvalue weighted by Crippen LogP contribution is 2.35. The van der Waals surface area contributed by atoms with E-state index in [0.717, 1.165) is 53.0 Å². The van der Waals surface area contributed by atoms with Gasteiger partial charge < -0.3 is 15.4 Å². The molecule has 2 aliphatic rings. The predicted octanol–water partition coefficient (Wildman–Crippen LogP) is 3.33. The smallest absolute Gasteiger partial charge is 0.257 e. The van der Waals surface area contributed by atoms with Crippen LogP contribution >= 0.6 is 11.8 Å². The molecule has 31 heavy (non-hydrogen) atoms. The van der Waals surface area contributed by atoms with E-state index in [1.807, 2.05) is 42.5 Å². The number of aromatic nitrogens is 2. The van der Waals surface area contributed by atoms with Gasteiger partial charge in [0.15, 0.2) is 0 Å². The summed E-state index contributed by atoms with van der Waals surface area (Å²) in [4.78, 5) is 25.7. The lowest BCUT2D eigenvalue weighted by Gasteiger charge is -2.14. The lowest BCUT2D eigenvalue weighted by atomic mass is 10.0. The number of carbonyl (C=O) groups excluding carboxylic acids is 2. The molecule has 2 amide bonds. The van der Waals surface area contributed by atoms with Gasteiger partial charge in [0.1, 0.15) is 12.4 Å². The van der Waals surface area contributed by atoms with E-state index in [0.29, 0.717) is 17.9 Å². The summed E-state index contributed by atoms with van der Waals surface area (Å²) in [5, 5.41) is 12.5. The maximum atomic E-state index is 13.2. The van der Waals surface area contributed by atoms with E-state index in [1.165, 1.54) is 0 Å². The molecule has 3 aromatic rings. The molecule has 1 saturated heterocycles. The number of thioether (sulfide) groups is 1. The molecule has 0 radical (unpaired) electrons. The number of hydrogen-bond donors (Lipinski definition) is 2. The van der Waals surface area contributed by atoms with Gasteiger partial charge in [-0.2, -0.15) is 16.9 Å². The van der Waals surface area contributed by atoms with E-state index in [-0.39, 0.29) is 24.5 Å². The first-order valence-corrected chi connectivity index (χ1v) is 11.7. The summed E-state index contributed by atoms with van der Waals surface area (Å²) >= 11 is 1.76. The van der Waals surface area contributed by atoms with Gasteiger partial charge in [-0.3, -0.25) is 9.59 Å². The van der Waals surface area contributed by atoms with Gasteiger partial charge >= 0.3 is 0 Å². The monoisotopic (exact) mass is 436 g/mol. The molecule has 0 aliphatic carbocycles. The summed E-state index contributed by atoms with van der Waals surface area (Å²) in [6.07, 6.45) is 2.10. The highest BCUT2D eigenvalue weighted by Gasteiger charge is 2.26. The van der Waals surface area contributed by atoms with Crippen molar-refractivity contribution in [3.63, 3.8) is 0 Å². The van der Waals surface area contributed by atoms with Crippen LogP contribution in [-0.4, -0.2) is 40.9 Å². The Balaban J connectivity index is 1.36. The number of nitrogens with zero attached hydrogens (tertiary/aromatic N) is 2. The minimum atomic E-state index is -0.197. The fraction of sp³-hybridized carbons (Fsp3) is 0.348. The van der Waals surface area contributed by atoms with E-state index in [2.05, 4.69) is 15.7 Å². The lowest BCUT2D eigenvalue weighted by molar-refractivity contribution is -0.122. The molecule has 1 aromatic heterocycles. The van der Waals surface area contributed by atoms with Gasteiger partial charge in [-0.25, -0.2) is 4.68 Å². The van der Waals surface area contributed by atoms with E-state index in [9.17, 15) is 9.59 Å². The third-order valence-electron chi connectivity index (χ3n) is 5.73. The Labute approximate surface area is 184 Å². The average molecular weight is 437 g/mol. The maximum absolute atomic E-state index is 13.2. The molecule has 0 saturated carbocycles. The fourth-order valence-corrected chi connectivity index (χ4v) is 5.18. The van der Waals surface area contributed by atoms with Crippen molar-refractivity contribution in [2.75, 3.05) is 18.5 Å². The number of anilines is 1. The molecule has 0 bridgehead atoms. The van der Waals surface area contributed by atoms with E-state index < -0.39 is 0 Å². The van der Waals surface area contributed by atoms with Gasteiger partial charge in [-0.05, 0) is 29.7 Å². The molecule has 7 nitrogen and oxygen atoms in total. The number of fused-ring (bicyclic) bond motifs is 2. The largest absolute Gasteiger partial charge is 0.376 e. The highest BCUT2D eigenvalue weighted by molar-refractivity contribution is 7.98. The zero-order chi connectivity index (χ0) is 21.2. The predicted molar refractivity (Wildman–Crippen MR) is 121 cm³/mol. The van der Waals surface area contributed by atoms with Gasteiger partial charge in [0.25, 0.3) is 5.91 Å². The van der Waals surface area contributed by atoms with Crippen LogP contribution < -0.4 is 10.6 Å². The second kappa shape index (κ2) is 8.72. The maximum Gasteiger partial charge on any atom is 0.257 e. The minimum Gasteiger partial charge on any atom is -0.376 e. The van der Waals surface area contributed by atoms with Crippen LogP contribution in [0, 0.1) is 0 Å². The Bertz CT molecular complexity index is 1130. The van der Waals surface area contributed by atoms with Crippen LogP contribution in [0.15, 0.2) is 42.5 Å². The standard InChI is InChI=1S/C23H24N4O3S/c28-21(24-11-16-7-4-10-30-16)12-27-22(19-13-31-14-20(19)26-27)25-23(29)18-9-3-6-15-5-1-2-8-17(15)18/h1-3,5-6,8-9,16H,4,7,10-14H2,(H,24,28)(H,25,29)/t16-/m1/s1. The van der Waals surface area contributed by atoms with Crippen molar-refractivity contribution >= 4 is 40.2 Å². The van der Waals surface area contributed by atoms with Gasteiger partial charge in [0.05, 0.1) is 11.8 Å². The zero-order valence-electron chi connectivity index (χ0n) is 17.1. The van der Waals surface area contributed by atoms with E-state index in [4.69, 9.17) is 4.74 Å². The molecule has 0 unspecified atom stereocenters. The van der Waals surface area contributed by atoms with Crippen molar-refractivity contribution in [3.8, 4) is 0 Å². The van der Waals surface area contributed by atoms with Crippen LogP contribution in [0.25, 0.3) is 10.8 Å². The number of ether oxygens (including phenoxy) is 1. The number of amides is 2. The van der Waals surface area contributed by atoms with Gasteiger partial charge in [-0.15, -0.1) is 0 Å². The second-order valence-corrected chi connectivity index (χ2v) is 8.83. The topological polar surface area (TPSA) is 85.2 Å². The van der Waals surface area contributed by atoms with Crippen molar-refractivity contribution in [3.05, 3.63) is 59.3 Å². The Morgan fingerprint density at radius 3 is 2.90 bits per heavy atom. The van der Waals surface area contributed by atoms with E-state index in [1.54, 1.807) is 16.4 Å². The highest BCUT2D eigenvalue weighted by atomic mass is 32.2. The van der Waals surface area contributed by atoms with Crippen LogP contribution in [0.3, 0.4) is 0 Å². The summed E-state index contributed by atoms with van der Waals surface area (Å²) in [5.74, 6) is 1.85. The molecular formula is C23H24N4O3S. The summed E-state index contributed by atoms with van der Waals surface area (Å²) in [7, 11) is 0. The zero-order valence-corrected chi connectivity index (χ0v) is 17.9. The summed E-state index contributed by atoms with van der Waals surface area (Å²) in [5.41, 5.74) is 2.55. The molecule has 2 aliphatic heterocycles. The van der Waals surface area contributed by atoms with Crippen molar-refractivity contribution in [1.29, 1.82) is 0 Å². The Morgan fingerprint density at radius 1 is 1.16 bits per heavy atom.